The molecular formula is C20H18ClN3O. The number of amides is 1. The summed E-state index contributed by atoms with van der Waals surface area (Å²) in [6, 6.07) is 20.8. The molecule has 1 aromatic heterocycles. The predicted octanol–water partition coefficient (Wildman–Crippen LogP) is 4.64. The van der Waals surface area contributed by atoms with Gasteiger partial charge in [0, 0.05) is 17.1 Å². The van der Waals surface area contributed by atoms with E-state index in [1.807, 2.05) is 24.3 Å². The first-order valence-corrected chi connectivity index (χ1v) is 8.39. The van der Waals surface area contributed by atoms with Crippen molar-refractivity contribution >= 4 is 29.0 Å². The van der Waals surface area contributed by atoms with Gasteiger partial charge in [0.25, 0.3) is 5.91 Å². The fourth-order valence-electron chi connectivity index (χ4n) is 2.39. The number of nitrogens with zero attached hydrogens (tertiary/aromatic N) is 1. The van der Waals surface area contributed by atoms with Crippen LogP contribution in [0.25, 0.3) is 0 Å². The van der Waals surface area contributed by atoms with Crippen LogP contribution in [0.15, 0.2) is 72.9 Å². The van der Waals surface area contributed by atoms with Gasteiger partial charge in [0.15, 0.2) is 0 Å². The Bertz CT molecular complexity index is 835. The molecule has 0 saturated carbocycles. The molecule has 1 amide bonds. The van der Waals surface area contributed by atoms with Crippen LogP contribution < -0.4 is 10.6 Å². The van der Waals surface area contributed by atoms with Crippen LogP contribution in [-0.2, 0) is 6.42 Å². The molecule has 0 aliphatic heterocycles. The topological polar surface area (TPSA) is 54.0 Å². The van der Waals surface area contributed by atoms with Gasteiger partial charge in [-0.3, -0.25) is 4.79 Å². The van der Waals surface area contributed by atoms with Gasteiger partial charge in [0.2, 0.25) is 0 Å². The van der Waals surface area contributed by atoms with Crippen LogP contribution >= 0.6 is 11.6 Å². The SMILES string of the molecule is O=C(Nc1ccc(NCCc2ccccc2)cn1)c1cccc(Cl)c1. The Morgan fingerprint density at radius 3 is 2.56 bits per heavy atom. The lowest BCUT2D eigenvalue weighted by Gasteiger charge is -2.08. The number of carbonyl (C=O) groups excluding carboxylic acids is 1. The number of aromatic nitrogens is 1. The van der Waals surface area contributed by atoms with Crippen molar-refractivity contribution in [2.45, 2.75) is 6.42 Å². The third kappa shape index (κ3) is 5.06. The number of hydrogen-bond donors (Lipinski definition) is 2. The van der Waals surface area contributed by atoms with Gasteiger partial charge in [-0.25, -0.2) is 4.98 Å². The summed E-state index contributed by atoms with van der Waals surface area (Å²) in [4.78, 5) is 16.4. The predicted molar refractivity (Wildman–Crippen MR) is 102 cm³/mol. The maximum absolute atomic E-state index is 12.2. The van der Waals surface area contributed by atoms with Crippen LogP contribution in [0.1, 0.15) is 15.9 Å². The first-order chi connectivity index (χ1) is 12.2. The molecule has 0 aliphatic rings. The quantitative estimate of drug-likeness (QED) is 0.680. The van der Waals surface area contributed by atoms with Crippen LogP contribution in [0.3, 0.4) is 0 Å². The van der Waals surface area contributed by atoms with E-state index >= 15 is 0 Å². The molecule has 1 heterocycles. The monoisotopic (exact) mass is 351 g/mol. The molecule has 25 heavy (non-hydrogen) atoms. The van der Waals surface area contributed by atoms with E-state index in [0.29, 0.717) is 16.4 Å². The van der Waals surface area contributed by atoms with Crippen LogP contribution in [0, 0.1) is 0 Å². The Hall–Kier alpha value is -2.85. The summed E-state index contributed by atoms with van der Waals surface area (Å²) in [6.45, 7) is 0.819. The molecule has 126 valence electrons. The summed E-state index contributed by atoms with van der Waals surface area (Å²) < 4.78 is 0. The number of hydrogen-bond acceptors (Lipinski definition) is 3. The van der Waals surface area contributed by atoms with Crippen LogP contribution in [0.4, 0.5) is 11.5 Å². The molecule has 0 radical (unpaired) electrons. The van der Waals surface area contributed by atoms with E-state index in [1.54, 1.807) is 36.5 Å². The van der Waals surface area contributed by atoms with Gasteiger partial charge < -0.3 is 10.6 Å². The second-order valence-electron chi connectivity index (χ2n) is 5.56. The van der Waals surface area contributed by atoms with Gasteiger partial charge in [-0.15, -0.1) is 0 Å². The van der Waals surface area contributed by atoms with E-state index in [2.05, 4.69) is 27.8 Å². The van der Waals surface area contributed by atoms with Crippen molar-refractivity contribution in [2.24, 2.45) is 0 Å². The fourth-order valence-corrected chi connectivity index (χ4v) is 2.58. The zero-order chi connectivity index (χ0) is 17.5. The molecule has 5 heteroatoms. The lowest BCUT2D eigenvalue weighted by Crippen LogP contribution is -2.13. The van der Waals surface area contributed by atoms with Gasteiger partial charge in [0.05, 0.1) is 11.9 Å². The summed E-state index contributed by atoms with van der Waals surface area (Å²) in [5.74, 6) is 0.262. The molecule has 0 spiro atoms. The Morgan fingerprint density at radius 2 is 1.84 bits per heavy atom. The Kier molecular flexibility index (Phi) is 5.65. The molecular weight excluding hydrogens is 334 g/mol. The van der Waals surface area contributed by atoms with Crippen molar-refractivity contribution in [3.63, 3.8) is 0 Å². The number of nitrogens with one attached hydrogen (secondary N) is 2. The molecule has 2 aromatic carbocycles. The second kappa shape index (κ2) is 8.31. The normalized spacial score (nSPS) is 10.3. The largest absolute Gasteiger partial charge is 0.383 e. The molecule has 0 unspecified atom stereocenters. The van der Waals surface area contributed by atoms with E-state index in [-0.39, 0.29) is 5.91 Å². The minimum absolute atomic E-state index is 0.236. The standard InChI is InChI=1S/C20H18ClN3O/c21-17-8-4-7-16(13-17)20(25)24-19-10-9-18(14-23-19)22-12-11-15-5-2-1-3-6-15/h1-10,13-14,22H,11-12H2,(H,23,24,25). The van der Waals surface area contributed by atoms with Gasteiger partial charge in [-0.1, -0.05) is 48.0 Å². The maximum atomic E-state index is 12.2. The maximum Gasteiger partial charge on any atom is 0.256 e. The Labute approximate surface area is 151 Å². The molecule has 3 aromatic rings. The van der Waals surface area contributed by atoms with E-state index in [1.165, 1.54) is 5.56 Å². The molecule has 0 bridgehead atoms. The van der Waals surface area contributed by atoms with E-state index in [4.69, 9.17) is 11.6 Å². The molecule has 0 fully saturated rings. The molecule has 4 nitrogen and oxygen atoms in total. The highest BCUT2D eigenvalue weighted by Gasteiger charge is 2.07. The highest BCUT2D eigenvalue weighted by atomic mass is 35.5. The van der Waals surface area contributed by atoms with Crippen molar-refractivity contribution in [3.05, 3.63) is 89.1 Å². The molecule has 3 rings (SSSR count). The lowest BCUT2D eigenvalue weighted by atomic mass is 10.1. The van der Waals surface area contributed by atoms with Crippen LogP contribution in [0.2, 0.25) is 5.02 Å². The average Bonchev–Trinajstić information content (AvgIpc) is 2.64. The first-order valence-electron chi connectivity index (χ1n) is 8.01. The van der Waals surface area contributed by atoms with Crippen molar-refractivity contribution < 1.29 is 4.79 Å². The van der Waals surface area contributed by atoms with Gasteiger partial charge in [0.1, 0.15) is 5.82 Å². The lowest BCUT2D eigenvalue weighted by molar-refractivity contribution is 0.102. The summed E-state index contributed by atoms with van der Waals surface area (Å²) in [7, 11) is 0. The molecule has 0 aliphatic carbocycles. The third-order valence-corrected chi connectivity index (χ3v) is 3.91. The highest BCUT2D eigenvalue weighted by Crippen LogP contribution is 2.14. The van der Waals surface area contributed by atoms with E-state index in [0.717, 1.165) is 18.7 Å². The Morgan fingerprint density at radius 1 is 1.00 bits per heavy atom. The Balaban J connectivity index is 1.52. The summed E-state index contributed by atoms with van der Waals surface area (Å²) in [5.41, 5.74) is 2.70. The van der Waals surface area contributed by atoms with E-state index in [9.17, 15) is 4.79 Å². The number of anilines is 2. The number of pyridine rings is 1. The highest BCUT2D eigenvalue weighted by molar-refractivity contribution is 6.31. The zero-order valence-electron chi connectivity index (χ0n) is 13.6. The van der Waals surface area contributed by atoms with Crippen molar-refractivity contribution in [2.75, 3.05) is 17.2 Å². The van der Waals surface area contributed by atoms with Crippen LogP contribution in [-0.4, -0.2) is 17.4 Å². The number of halogens is 1. The zero-order valence-corrected chi connectivity index (χ0v) is 14.3. The van der Waals surface area contributed by atoms with Gasteiger partial charge in [-0.05, 0) is 42.3 Å². The van der Waals surface area contributed by atoms with Crippen molar-refractivity contribution in [1.29, 1.82) is 0 Å². The second-order valence-corrected chi connectivity index (χ2v) is 6.00. The molecule has 0 saturated heterocycles. The molecule has 0 atom stereocenters. The number of carbonyl (C=O) groups is 1. The number of rotatable bonds is 6. The van der Waals surface area contributed by atoms with Crippen LogP contribution in [0.5, 0.6) is 0 Å². The first kappa shape index (κ1) is 17.0. The summed E-state index contributed by atoms with van der Waals surface area (Å²) in [6.07, 6.45) is 2.65. The smallest absolute Gasteiger partial charge is 0.256 e. The van der Waals surface area contributed by atoms with Gasteiger partial charge in [-0.2, -0.15) is 0 Å². The van der Waals surface area contributed by atoms with Gasteiger partial charge >= 0.3 is 0 Å². The van der Waals surface area contributed by atoms with Crippen molar-refractivity contribution in [3.8, 4) is 0 Å². The fraction of sp³-hybridized carbons (Fsp3) is 0.100. The minimum Gasteiger partial charge on any atom is -0.383 e. The summed E-state index contributed by atoms with van der Waals surface area (Å²) >= 11 is 5.90. The minimum atomic E-state index is -0.236. The average molecular weight is 352 g/mol. The molecule has 2 N–H and O–H groups in total. The summed E-state index contributed by atoms with van der Waals surface area (Å²) in [5, 5.41) is 6.60. The van der Waals surface area contributed by atoms with E-state index < -0.39 is 0 Å². The van der Waals surface area contributed by atoms with Crippen molar-refractivity contribution in [1.82, 2.24) is 4.98 Å². The third-order valence-electron chi connectivity index (χ3n) is 3.68. The number of benzene rings is 2.